The predicted octanol–water partition coefficient (Wildman–Crippen LogP) is 13.9. The molecule has 350 valence electrons. The SMILES string of the molecule is C1=CC[C-](N=NC2CCCCC2)C=C1.C1CCOC1.Cc1c(C)c(C)[c-]([Si](C)(C)[N-]C2CCCCC2)c1C.Cc1c(C)c(C)[c-]([Si](C)(C)[N-]C2[CH-]CCCC2)c1C.[Yb].[Yb]. The van der Waals surface area contributed by atoms with Gasteiger partial charge in [0, 0.05) is 107 Å². The Morgan fingerprint density at radius 1 is 0.593 bits per heavy atom. The third-order valence-corrected chi connectivity index (χ3v) is 19.6. The number of nitrogens with zero attached hydrogens (tertiary/aromatic N) is 4. The molecule has 9 heteroatoms. The molecule has 0 radical (unpaired) electrons. The van der Waals surface area contributed by atoms with Crippen LogP contribution in [0.5, 0.6) is 0 Å². The van der Waals surface area contributed by atoms with Gasteiger partial charge in [0.1, 0.15) is 0 Å². The van der Waals surface area contributed by atoms with E-state index in [2.05, 4.69) is 110 Å². The summed E-state index contributed by atoms with van der Waals surface area (Å²) in [5.41, 5.74) is 12.0. The first kappa shape index (κ1) is 56.1. The fourth-order valence-electron chi connectivity index (χ4n) is 9.97. The molecule has 4 aliphatic carbocycles. The van der Waals surface area contributed by atoms with Crippen molar-refractivity contribution in [1.29, 1.82) is 0 Å². The van der Waals surface area contributed by atoms with Crippen molar-refractivity contribution in [2.75, 3.05) is 13.2 Å². The fourth-order valence-corrected chi connectivity index (χ4v) is 16.9. The minimum absolute atomic E-state index is 0. The van der Waals surface area contributed by atoms with Crippen molar-refractivity contribution < 1.29 is 98.6 Å². The van der Waals surface area contributed by atoms with Crippen molar-refractivity contribution in [3.8, 4) is 0 Å². The van der Waals surface area contributed by atoms with Crippen LogP contribution in [0, 0.1) is 162 Å². The van der Waals surface area contributed by atoms with Crippen molar-refractivity contribution in [3.05, 3.63) is 91.2 Å². The molecule has 1 saturated heterocycles. The Morgan fingerprint density at radius 3 is 1.49 bits per heavy atom. The molecular formula is C50H82N4OSi2Yb2-6. The van der Waals surface area contributed by atoms with Gasteiger partial charge in [0.2, 0.25) is 0 Å². The Hall–Kier alpha value is 1.00. The summed E-state index contributed by atoms with van der Waals surface area (Å²) in [5, 5.41) is 11.9. The average Bonchev–Trinajstić information content (AvgIpc) is 3.91. The van der Waals surface area contributed by atoms with Crippen molar-refractivity contribution in [3.63, 3.8) is 0 Å². The first-order chi connectivity index (χ1) is 27.1. The third kappa shape index (κ3) is 17.4. The van der Waals surface area contributed by atoms with Crippen LogP contribution in [0.3, 0.4) is 0 Å². The van der Waals surface area contributed by atoms with E-state index in [-0.39, 0.29) is 93.8 Å². The van der Waals surface area contributed by atoms with E-state index in [1.165, 1.54) is 147 Å². The van der Waals surface area contributed by atoms with Gasteiger partial charge in [-0.25, -0.2) is 17.3 Å². The molecule has 1 heterocycles. The van der Waals surface area contributed by atoms with Crippen molar-refractivity contribution in [2.24, 2.45) is 10.2 Å². The Labute approximate surface area is 443 Å². The molecule has 0 N–H and O–H groups in total. The largest absolute Gasteiger partial charge is 0.694 e. The normalized spacial score (nSPS) is 20.1. The number of ether oxygens (including phenoxy) is 1. The van der Waals surface area contributed by atoms with Gasteiger partial charge in [0.05, 0.1) is 6.04 Å². The second-order valence-corrected chi connectivity index (χ2v) is 26.6. The molecule has 2 aromatic rings. The molecule has 1 atom stereocenters. The zero-order valence-electron chi connectivity index (χ0n) is 39.3. The molecule has 0 bridgehead atoms. The van der Waals surface area contributed by atoms with Crippen molar-refractivity contribution >= 4 is 26.8 Å². The Morgan fingerprint density at radius 2 is 1.07 bits per heavy atom. The molecular weight excluding hydrogens is 1070 g/mol. The standard InChI is InChI=1S/C17H29NSi.C17H28NSi.C12H17N2.C4H8O.2Yb/c2*1-12-13(2)15(4)17(14(12)3)19(5,6)18-16-10-8-7-9-11-16;1-3-7-11(8-4-1)13-14-12-9-5-2-6-10-12;1-2-4-5-3-1;;/h16H,7-11H2,1-6H3;10,16H,7-9,11H2,1-6H3;1,3-4,7,12H,2,5-6,8-10H2;1-4H2;;/q-2;-3;-1;;;. The maximum absolute atomic E-state index is 5.35. The van der Waals surface area contributed by atoms with Crippen LogP contribution in [0.1, 0.15) is 154 Å². The summed E-state index contributed by atoms with van der Waals surface area (Å²) in [6.07, 6.45) is 32.8. The number of rotatable bonds is 8. The van der Waals surface area contributed by atoms with Gasteiger partial charge in [-0.2, -0.15) is 61.3 Å². The number of allylic oxidation sites excluding steroid dienone is 2. The van der Waals surface area contributed by atoms with E-state index in [0.29, 0.717) is 18.1 Å². The maximum Gasteiger partial charge on any atom is 0.0694 e. The van der Waals surface area contributed by atoms with Gasteiger partial charge in [0.15, 0.2) is 0 Å². The van der Waals surface area contributed by atoms with Crippen LogP contribution < -0.4 is 10.4 Å². The fraction of sp³-hybridized carbons (Fsp3) is 0.680. The average molecular weight is 1160 g/mol. The Balaban J connectivity index is 0.000000285. The molecule has 4 fully saturated rings. The molecule has 59 heavy (non-hydrogen) atoms. The first-order valence-electron chi connectivity index (χ1n) is 23.1. The van der Waals surface area contributed by atoms with E-state index in [1.807, 2.05) is 12.2 Å². The van der Waals surface area contributed by atoms with Gasteiger partial charge < -0.3 is 21.1 Å². The predicted molar refractivity (Wildman–Crippen MR) is 254 cm³/mol. The molecule has 1 aliphatic heterocycles. The molecule has 7 rings (SSSR count). The summed E-state index contributed by atoms with van der Waals surface area (Å²) < 4.78 is 4.94. The Kier molecular flexibility index (Phi) is 26.8. The maximum atomic E-state index is 5.35. The quantitative estimate of drug-likeness (QED) is 0.148. The summed E-state index contributed by atoms with van der Waals surface area (Å²) in [6.45, 7) is 30.0. The van der Waals surface area contributed by atoms with E-state index in [4.69, 9.17) is 14.7 Å². The van der Waals surface area contributed by atoms with Crippen LogP contribution >= 0.6 is 0 Å². The molecule has 5 aliphatic rings. The zero-order chi connectivity index (χ0) is 41.6. The van der Waals surface area contributed by atoms with Crippen LogP contribution in [0.2, 0.25) is 26.2 Å². The molecule has 0 aromatic heterocycles. The number of hydrogen-bond acceptors (Lipinski definition) is 3. The smallest absolute Gasteiger partial charge is 0.0694 e. The van der Waals surface area contributed by atoms with Gasteiger partial charge in [-0.1, -0.05) is 181 Å². The second kappa shape index (κ2) is 28.1. The summed E-state index contributed by atoms with van der Waals surface area (Å²) in [6, 6.07) is 2.75. The Bertz CT molecular complexity index is 1460. The monoisotopic (exact) mass is 1160 g/mol. The van der Waals surface area contributed by atoms with E-state index >= 15 is 0 Å². The zero-order valence-corrected chi connectivity index (χ0v) is 44.7. The van der Waals surface area contributed by atoms with Crippen molar-refractivity contribution in [2.45, 2.75) is 209 Å². The summed E-state index contributed by atoms with van der Waals surface area (Å²) in [7, 11) is -3.31. The van der Waals surface area contributed by atoms with Crippen LogP contribution in [0.25, 0.3) is 9.96 Å². The number of azo groups is 1. The summed E-state index contributed by atoms with van der Waals surface area (Å²) in [5.74, 6) is 0. The molecule has 0 amide bonds. The first-order valence-corrected chi connectivity index (χ1v) is 29.0. The molecule has 3 saturated carbocycles. The second-order valence-electron chi connectivity index (χ2n) is 18.8. The van der Waals surface area contributed by atoms with E-state index in [9.17, 15) is 0 Å². The van der Waals surface area contributed by atoms with Crippen LogP contribution in [-0.4, -0.2) is 47.8 Å². The molecule has 1 unspecified atom stereocenters. The van der Waals surface area contributed by atoms with Crippen LogP contribution in [-0.2, 0) is 4.74 Å². The molecule has 0 spiro atoms. The number of hydrogen-bond donors (Lipinski definition) is 0. The third-order valence-electron chi connectivity index (χ3n) is 13.7. The topological polar surface area (TPSA) is 62.2 Å². The van der Waals surface area contributed by atoms with Gasteiger partial charge in [-0.05, 0) is 25.7 Å². The van der Waals surface area contributed by atoms with E-state index < -0.39 is 16.5 Å². The molecule has 2 aromatic carbocycles. The van der Waals surface area contributed by atoms with E-state index in [0.717, 1.165) is 25.7 Å². The van der Waals surface area contributed by atoms with Crippen molar-refractivity contribution in [1.82, 2.24) is 0 Å². The summed E-state index contributed by atoms with van der Waals surface area (Å²) in [4.78, 5) is 10.7. The summed E-state index contributed by atoms with van der Waals surface area (Å²) >= 11 is 0. The van der Waals surface area contributed by atoms with E-state index in [1.54, 1.807) is 10.4 Å². The van der Waals surface area contributed by atoms with Gasteiger partial charge in [0.25, 0.3) is 0 Å². The van der Waals surface area contributed by atoms with Gasteiger partial charge in [-0.15, -0.1) is 18.2 Å². The van der Waals surface area contributed by atoms with Gasteiger partial charge >= 0.3 is 0 Å². The van der Waals surface area contributed by atoms with Crippen LogP contribution in [0.15, 0.2) is 34.5 Å². The minimum atomic E-state index is -1.67. The van der Waals surface area contributed by atoms with Gasteiger partial charge in [-0.3, -0.25) is 11.2 Å². The van der Waals surface area contributed by atoms with Crippen LogP contribution in [0.4, 0.5) is 0 Å². The molecule has 5 nitrogen and oxygen atoms in total. The minimum Gasteiger partial charge on any atom is -0.694 e.